The van der Waals surface area contributed by atoms with Crippen molar-refractivity contribution in [2.75, 3.05) is 6.61 Å². The molecule has 0 amide bonds. The highest BCUT2D eigenvalue weighted by Crippen LogP contribution is 2.31. The number of aromatic nitrogens is 1. The van der Waals surface area contributed by atoms with Crippen LogP contribution in [-0.2, 0) is 0 Å². The molecule has 1 saturated carbocycles. The van der Waals surface area contributed by atoms with Crippen LogP contribution in [0.15, 0.2) is 18.2 Å². The molecule has 2 nitrogen and oxygen atoms in total. The Balaban J connectivity index is 1.84. The lowest BCUT2D eigenvalue weighted by Crippen LogP contribution is -1.98. The van der Waals surface area contributed by atoms with Crippen LogP contribution in [0, 0.1) is 12.8 Å². The van der Waals surface area contributed by atoms with Crippen molar-refractivity contribution in [2.24, 2.45) is 5.92 Å². The Kier molecular flexibility index (Phi) is 2.13. The lowest BCUT2D eigenvalue weighted by molar-refractivity contribution is 0.300. The SMILES string of the molecule is Cc1nc2ccc(OCC3CC3)cc2s1. The molecule has 0 saturated heterocycles. The van der Waals surface area contributed by atoms with Crippen LogP contribution in [0.25, 0.3) is 10.2 Å². The van der Waals surface area contributed by atoms with Gasteiger partial charge in [-0.15, -0.1) is 11.3 Å². The maximum atomic E-state index is 5.73. The van der Waals surface area contributed by atoms with E-state index in [9.17, 15) is 0 Å². The van der Waals surface area contributed by atoms with Gasteiger partial charge in [-0.2, -0.15) is 0 Å². The molecule has 1 aromatic carbocycles. The number of ether oxygens (including phenoxy) is 1. The molecule has 3 rings (SSSR count). The van der Waals surface area contributed by atoms with Crippen molar-refractivity contribution in [1.82, 2.24) is 4.98 Å². The van der Waals surface area contributed by atoms with E-state index in [1.54, 1.807) is 11.3 Å². The molecule has 0 atom stereocenters. The maximum Gasteiger partial charge on any atom is 0.120 e. The molecule has 1 aliphatic rings. The fourth-order valence-corrected chi connectivity index (χ4v) is 2.46. The van der Waals surface area contributed by atoms with Crippen LogP contribution in [0.3, 0.4) is 0 Å². The number of aryl methyl sites for hydroxylation is 1. The zero-order chi connectivity index (χ0) is 10.3. The third kappa shape index (κ3) is 1.97. The van der Waals surface area contributed by atoms with E-state index in [2.05, 4.69) is 11.1 Å². The van der Waals surface area contributed by atoms with Crippen LogP contribution in [0.4, 0.5) is 0 Å². The van der Waals surface area contributed by atoms with Crippen LogP contribution in [0.1, 0.15) is 17.8 Å². The topological polar surface area (TPSA) is 22.1 Å². The Bertz CT molecular complexity index is 487. The highest BCUT2D eigenvalue weighted by molar-refractivity contribution is 7.18. The monoisotopic (exact) mass is 219 g/mol. The van der Waals surface area contributed by atoms with Gasteiger partial charge in [-0.1, -0.05) is 0 Å². The van der Waals surface area contributed by atoms with E-state index in [4.69, 9.17) is 4.74 Å². The van der Waals surface area contributed by atoms with Crippen LogP contribution in [-0.4, -0.2) is 11.6 Å². The molecule has 1 fully saturated rings. The van der Waals surface area contributed by atoms with Gasteiger partial charge < -0.3 is 4.74 Å². The second-order valence-electron chi connectivity index (χ2n) is 4.12. The molecule has 2 aromatic rings. The summed E-state index contributed by atoms with van der Waals surface area (Å²) in [7, 11) is 0. The summed E-state index contributed by atoms with van der Waals surface area (Å²) >= 11 is 1.73. The molecule has 0 bridgehead atoms. The summed E-state index contributed by atoms with van der Waals surface area (Å²) < 4.78 is 6.95. The normalized spacial score (nSPS) is 15.8. The molecule has 0 unspecified atom stereocenters. The van der Waals surface area contributed by atoms with E-state index in [1.807, 2.05) is 19.1 Å². The lowest BCUT2D eigenvalue weighted by atomic mass is 10.3. The zero-order valence-electron chi connectivity index (χ0n) is 8.69. The Morgan fingerprint density at radius 2 is 2.33 bits per heavy atom. The zero-order valence-corrected chi connectivity index (χ0v) is 9.51. The van der Waals surface area contributed by atoms with E-state index >= 15 is 0 Å². The summed E-state index contributed by atoms with van der Waals surface area (Å²) in [6.07, 6.45) is 2.67. The number of thiazole rings is 1. The molecular formula is C12H13NOS. The summed E-state index contributed by atoms with van der Waals surface area (Å²) in [5.74, 6) is 1.79. The number of rotatable bonds is 3. The highest BCUT2D eigenvalue weighted by atomic mass is 32.1. The molecule has 0 N–H and O–H groups in total. The Morgan fingerprint density at radius 3 is 3.13 bits per heavy atom. The van der Waals surface area contributed by atoms with E-state index in [0.717, 1.165) is 28.8 Å². The fraction of sp³-hybridized carbons (Fsp3) is 0.417. The first kappa shape index (κ1) is 9.16. The molecule has 1 aliphatic carbocycles. The van der Waals surface area contributed by atoms with Crippen molar-refractivity contribution in [3.8, 4) is 5.75 Å². The van der Waals surface area contributed by atoms with Crippen LogP contribution in [0.5, 0.6) is 5.75 Å². The average Bonchev–Trinajstić information content (AvgIpc) is 2.96. The molecule has 0 spiro atoms. The molecular weight excluding hydrogens is 206 g/mol. The predicted molar refractivity (Wildman–Crippen MR) is 62.6 cm³/mol. The number of hydrogen-bond acceptors (Lipinski definition) is 3. The van der Waals surface area contributed by atoms with E-state index in [0.29, 0.717) is 0 Å². The molecule has 1 aromatic heterocycles. The Morgan fingerprint density at radius 1 is 1.47 bits per heavy atom. The minimum absolute atomic E-state index is 0.809. The van der Waals surface area contributed by atoms with Gasteiger partial charge in [0.1, 0.15) is 5.75 Å². The first-order valence-electron chi connectivity index (χ1n) is 5.31. The molecule has 3 heteroatoms. The van der Waals surface area contributed by atoms with Crippen LogP contribution >= 0.6 is 11.3 Å². The summed E-state index contributed by atoms with van der Waals surface area (Å²) in [6.45, 7) is 2.92. The minimum atomic E-state index is 0.809. The van der Waals surface area contributed by atoms with Crippen molar-refractivity contribution >= 4 is 21.6 Å². The Hall–Kier alpha value is -1.09. The number of hydrogen-bond donors (Lipinski definition) is 0. The van der Waals surface area contributed by atoms with Gasteiger partial charge in [0.2, 0.25) is 0 Å². The van der Waals surface area contributed by atoms with Crippen molar-refractivity contribution in [3.63, 3.8) is 0 Å². The second kappa shape index (κ2) is 3.49. The smallest absolute Gasteiger partial charge is 0.120 e. The standard InChI is InChI=1S/C12H13NOS/c1-8-13-11-5-4-10(6-12(11)15-8)14-7-9-2-3-9/h4-6,9H,2-3,7H2,1H3. The van der Waals surface area contributed by atoms with Gasteiger partial charge >= 0.3 is 0 Å². The van der Waals surface area contributed by atoms with Crippen molar-refractivity contribution in [3.05, 3.63) is 23.2 Å². The van der Waals surface area contributed by atoms with Gasteiger partial charge in [0, 0.05) is 0 Å². The molecule has 78 valence electrons. The van der Waals surface area contributed by atoms with E-state index < -0.39 is 0 Å². The maximum absolute atomic E-state index is 5.73. The molecule has 1 heterocycles. The number of benzene rings is 1. The number of fused-ring (bicyclic) bond motifs is 1. The van der Waals surface area contributed by atoms with E-state index in [1.165, 1.54) is 17.5 Å². The molecule has 0 aliphatic heterocycles. The first-order chi connectivity index (χ1) is 7.31. The van der Waals surface area contributed by atoms with Crippen LogP contribution in [0.2, 0.25) is 0 Å². The summed E-state index contributed by atoms with van der Waals surface area (Å²) in [6, 6.07) is 6.16. The second-order valence-corrected chi connectivity index (χ2v) is 5.35. The lowest BCUT2D eigenvalue weighted by Gasteiger charge is -2.03. The van der Waals surface area contributed by atoms with Crippen molar-refractivity contribution in [1.29, 1.82) is 0 Å². The molecule has 0 radical (unpaired) electrons. The third-order valence-electron chi connectivity index (χ3n) is 2.65. The van der Waals surface area contributed by atoms with Gasteiger partial charge in [-0.25, -0.2) is 4.98 Å². The van der Waals surface area contributed by atoms with Gasteiger partial charge in [0.25, 0.3) is 0 Å². The van der Waals surface area contributed by atoms with Gasteiger partial charge in [-0.3, -0.25) is 0 Å². The van der Waals surface area contributed by atoms with E-state index in [-0.39, 0.29) is 0 Å². The summed E-state index contributed by atoms with van der Waals surface area (Å²) in [4.78, 5) is 4.42. The van der Waals surface area contributed by atoms with Crippen molar-refractivity contribution < 1.29 is 4.74 Å². The van der Waals surface area contributed by atoms with Gasteiger partial charge in [0.15, 0.2) is 0 Å². The highest BCUT2D eigenvalue weighted by Gasteiger charge is 2.21. The fourth-order valence-electron chi connectivity index (χ4n) is 1.61. The first-order valence-corrected chi connectivity index (χ1v) is 6.13. The quantitative estimate of drug-likeness (QED) is 0.789. The van der Waals surface area contributed by atoms with Crippen molar-refractivity contribution in [2.45, 2.75) is 19.8 Å². The molecule has 15 heavy (non-hydrogen) atoms. The number of nitrogens with zero attached hydrogens (tertiary/aromatic N) is 1. The Labute approximate surface area is 92.9 Å². The average molecular weight is 219 g/mol. The van der Waals surface area contributed by atoms with Crippen LogP contribution < -0.4 is 4.74 Å². The summed E-state index contributed by atoms with van der Waals surface area (Å²) in [5, 5.41) is 1.12. The van der Waals surface area contributed by atoms with Gasteiger partial charge in [0.05, 0.1) is 21.8 Å². The predicted octanol–water partition coefficient (Wildman–Crippen LogP) is 3.39. The summed E-state index contributed by atoms with van der Waals surface area (Å²) in [5.41, 5.74) is 1.08. The largest absolute Gasteiger partial charge is 0.493 e. The third-order valence-corrected chi connectivity index (χ3v) is 3.58. The van der Waals surface area contributed by atoms with Gasteiger partial charge in [-0.05, 0) is 43.9 Å². The minimum Gasteiger partial charge on any atom is -0.493 e.